The number of fused-ring (bicyclic) bond motifs is 1. The molecule has 0 bridgehead atoms. The molecule has 1 aromatic carbocycles. The van der Waals surface area contributed by atoms with Crippen LogP contribution in [0, 0.1) is 0 Å². The quantitative estimate of drug-likeness (QED) is 0.726. The van der Waals surface area contributed by atoms with Gasteiger partial charge in [0, 0.05) is 12.7 Å². The van der Waals surface area contributed by atoms with Crippen LogP contribution in [0.15, 0.2) is 40.5 Å². The lowest BCUT2D eigenvalue weighted by atomic mass is 10.1. The molecule has 0 aliphatic rings. The summed E-state index contributed by atoms with van der Waals surface area (Å²) >= 11 is 1.14. The second-order valence-electron chi connectivity index (χ2n) is 5.26. The van der Waals surface area contributed by atoms with Crippen LogP contribution in [0.1, 0.15) is 15.9 Å². The van der Waals surface area contributed by atoms with Crippen LogP contribution < -0.4 is 10.9 Å². The summed E-state index contributed by atoms with van der Waals surface area (Å²) in [5, 5.41) is 14.1. The number of hydrogen-bond acceptors (Lipinski definition) is 4. The average Bonchev–Trinajstić information content (AvgIpc) is 3.02. The van der Waals surface area contributed by atoms with E-state index in [1.165, 1.54) is 17.7 Å². The number of thiophene rings is 1. The third-order valence-electron chi connectivity index (χ3n) is 3.65. The second kappa shape index (κ2) is 5.92. The van der Waals surface area contributed by atoms with Crippen molar-refractivity contribution in [2.75, 3.05) is 5.32 Å². The van der Waals surface area contributed by atoms with Crippen molar-refractivity contribution in [1.29, 1.82) is 0 Å². The number of nitrogens with zero attached hydrogens (tertiary/aromatic N) is 1. The molecule has 0 saturated heterocycles. The highest BCUT2D eigenvalue weighted by atomic mass is 32.1. The lowest BCUT2D eigenvalue weighted by molar-refractivity contribution is -0.137. The molecule has 0 aliphatic carbocycles. The Morgan fingerprint density at radius 1 is 1.28 bits per heavy atom. The van der Waals surface area contributed by atoms with E-state index in [4.69, 9.17) is 0 Å². The fraction of sp³-hybridized carbons (Fsp3) is 0.125. The molecular weight excluding hydrogens is 357 g/mol. The van der Waals surface area contributed by atoms with Gasteiger partial charge >= 0.3 is 6.18 Å². The molecule has 0 spiro atoms. The van der Waals surface area contributed by atoms with E-state index in [0.29, 0.717) is 10.2 Å². The van der Waals surface area contributed by atoms with Crippen LogP contribution >= 0.6 is 11.3 Å². The summed E-state index contributed by atoms with van der Waals surface area (Å²) in [6.07, 6.45) is -4.56. The molecule has 0 unspecified atom stereocenters. The molecule has 2 N–H and O–H groups in total. The number of carbonyl (C=O) groups is 1. The molecule has 3 rings (SSSR count). The maximum atomic E-state index is 12.7. The van der Waals surface area contributed by atoms with Crippen LogP contribution in [0.4, 0.5) is 18.9 Å². The predicted molar refractivity (Wildman–Crippen MR) is 88.1 cm³/mol. The third kappa shape index (κ3) is 2.98. The van der Waals surface area contributed by atoms with Gasteiger partial charge in [-0.3, -0.25) is 9.59 Å². The summed E-state index contributed by atoms with van der Waals surface area (Å²) in [7, 11) is 1.44. The summed E-state index contributed by atoms with van der Waals surface area (Å²) in [5.74, 6) is -1.47. The molecule has 0 atom stereocenters. The lowest BCUT2D eigenvalue weighted by Crippen LogP contribution is -2.28. The second-order valence-corrected chi connectivity index (χ2v) is 6.17. The van der Waals surface area contributed by atoms with Gasteiger partial charge in [0.1, 0.15) is 5.56 Å². The summed E-state index contributed by atoms with van der Waals surface area (Å²) in [4.78, 5) is 24.7. The zero-order chi connectivity index (χ0) is 18.4. The standard InChI is InChI=1S/C16H11F3N2O3S/c1-21-10-5-6-25-13(10)12(22)11(15(21)24)14(23)20-9-4-2-3-8(7-9)16(17,18)19/h2-7,22H,1H3,(H,20,23). The van der Waals surface area contributed by atoms with Gasteiger partial charge in [-0.25, -0.2) is 0 Å². The molecule has 25 heavy (non-hydrogen) atoms. The van der Waals surface area contributed by atoms with Gasteiger partial charge in [0.05, 0.1) is 15.8 Å². The number of halogens is 3. The average molecular weight is 368 g/mol. The first-order valence-electron chi connectivity index (χ1n) is 6.98. The number of benzene rings is 1. The minimum atomic E-state index is -4.56. The summed E-state index contributed by atoms with van der Waals surface area (Å²) < 4.78 is 39.8. The van der Waals surface area contributed by atoms with E-state index < -0.39 is 34.5 Å². The van der Waals surface area contributed by atoms with Crippen molar-refractivity contribution in [2.45, 2.75) is 6.18 Å². The SMILES string of the molecule is Cn1c(=O)c(C(=O)Nc2cccc(C(F)(F)F)c2)c(O)c2sccc21. The Morgan fingerprint density at radius 2 is 2.00 bits per heavy atom. The zero-order valence-corrected chi connectivity index (χ0v) is 13.5. The highest BCUT2D eigenvalue weighted by Gasteiger charge is 2.30. The Morgan fingerprint density at radius 3 is 2.68 bits per heavy atom. The number of aryl methyl sites for hydroxylation is 1. The molecule has 2 aromatic heterocycles. The molecule has 2 heterocycles. The van der Waals surface area contributed by atoms with Crippen molar-refractivity contribution in [1.82, 2.24) is 4.57 Å². The van der Waals surface area contributed by atoms with Gasteiger partial charge < -0.3 is 15.0 Å². The van der Waals surface area contributed by atoms with Gasteiger partial charge in [-0.1, -0.05) is 6.07 Å². The van der Waals surface area contributed by atoms with E-state index in [1.807, 2.05) is 0 Å². The highest BCUT2D eigenvalue weighted by molar-refractivity contribution is 7.17. The Labute approximate surface area is 142 Å². The Balaban J connectivity index is 2.03. The predicted octanol–water partition coefficient (Wildman–Crippen LogP) is 3.58. The summed E-state index contributed by atoms with van der Waals surface area (Å²) in [6, 6.07) is 5.64. The number of aromatic hydroxyl groups is 1. The lowest BCUT2D eigenvalue weighted by Gasteiger charge is -2.11. The number of amides is 1. The number of nitrogens with one attached hydrogen (secondary N) is 1. The van der Waals surface area contributed by atoms with E-state index in [9.17, 15) is 27.9 Å². The highest BCUT2D eigenvalue weighted by Crippen LogP contribution is 2.32. The molecule has 3 aromatic rings. The van der Waals surface area contributed by atoms with Crippen molar-refractivity contribution in [3.05, 3.63) is 57.2 Å². The van der Waals surface area contributed by atoms with Crippen LogP contribution in [0.2, 0.25) is 0 Å². The molecule has 0 fully saturated rings. The smallest absolute Gasteiger partial charge is 0.416 e. The number of alkyl halides is 3. The minimum absolute atomic E-state index is 0.132. The fourth-order valence-corrected chi connectivity index (χ4v) is 3.28. The third-order valence-corrected chi connectivity index (χ3v) is 4.56. The van der Waals surface area contributed by atoms with Crippen LogP contribution in [-0.4, -0.2) is 15.6 Å². The number of carbonyl (C=O) groups excluding carboxylic acids is 1. The molecule has 0 saturated carbocycles. The molecule has 0 aliphatic heterocycles. The first-order valence-corrected chi connectivity index (χ1v) is 7.86. The molecule has 130 valence electrons. The Bertz CT molecular complexity index is 1040. The summed E-state index contributed by atoms with van der Waals surface area (Å²) in [6.45, 7) is 0. The number of aromatic nitrogens is 1. The fourth-order valence-electron chi connectivity index (χ4n) is 2.41. The zero-order valence-electron chi connectivity index (χ0n) is 12.7. The van der Waals surface area contributed by atoms with E-state index in [2.05, 4.69) is 5.32 Å². The van der Waals surface area contributed by atoms with Crippen molar-refractivity contribution < 1.29 is 23.1 Å². The van der Waals surface area contributed by atoms with Gasteiger partial charge in [-0.05, 0) is 29.6 Å². The number of pyridine rings is 1. The van der Waals surface area contributed by atoms with E-state index in [0.717, 1.165) is 29.5 Å². The van der Waals surface area contributed by atoms with Crippen molar-refractivity contribution in [3.8, 4) is 5.75 Å². The maximum absolute atomic E-state index is 12.7. The number of anilines is 1. The van der Waals surface area contributed by atoms with E-state index in [-0.39, 0.29) is 5.69 Å². The van der Waals surface area contributed by atoms with Gasteiger partial charge in [0.15, 0.2) is 5.75 Å². The first-order chi connectivity index (χ1) is 11.7. The van der Waals surface area contributed by atoms with Gasteiger partial charge in [-0.15, -0.1) is 11.3 Å². The van der Waals surface area contributed by atoms with Crippen molar-refractivity contribution in [2.24, 2.45) is 7.05 Å². The Kier molecular flexibility index (Phi) is 4.03. The monoisotopic (exact) mass is 368 g/mol. The molecule has 1 amide bonds. The molecular formula is C16H11F3N2O3S. The van der Waals surface area contributed by atoms with Crippen LogP contribution in [0.5, 0.6) is 5.75 Å². The largest absolute Gasteiger partial charge is 0.505 e. The molecule has 0 radical (unpaired) electrons. The molecule has 9 heteroatoms. The van der Waals surface area contributed by atoms with Crippen LogP contribution in [0.3, 0.4) is 0 Å². The van der Waals surface area contributed by atoms with Gasteiger partial charge in [-0.2, -0.15) is 13.2 Å². The number of hydrogen-bond donors (Lipinski definition) is 2. The van der Waals surface area contributed by atoms with E-state index >= 15 is 0 Å². The van der Waals surface area contributed by atoms with Crippen molar-refractivity contribution >= 4 is 33.1 Å². The molecule has 5 nitrogen and oxygen atoms in total. The number of rotatable bonds is 2. The van der Waals surface area contributed by atoms with Crippen LogP contribution in [0.25, 0.3) is 10.2 Å². The Hall–Kier alpha value is -2.81. The van der Waals surface area contributed by atoms with Crippen molar-refractivity contribution in [3.63, 3.8) is 0 Å². The van der Waals surface area contributed by atoms with Crippen LogP contribution in [-0.2, 0) is 13.2 Å². The minimum Gasteiger partial charge on any atom is -0.505 e. The summed E-state index contributed by atoms with van der Waals surface area (Å²) in [5.41, 5.74) is -1.87. The maximum Gasteiger partial charge on any atom is 0.416 e. The van der Waals surface area contributed by atoms with E-state index in [1.54, 1.807) is 11.4 Å². The first kappa shape index (κ1) is 17.0. The topological polar surface area (TPSA) is 71.3 Å². The van der Waals surface area contributed by atoms with Gasteiger partial charge in [0.2, 0.25) is 0 Å². The normalized spacial score (nSPS) is 11.7. The van der Waals surface area contributed by atoms with Gasteiger partial charge in [0.25, 0.3) is 11.5 Å².